The third-order valence-electron chi connectivity index (χ3n) is 1.69. The molecule has 0 saturated heterocycles. The molecule has 0 aliphatic heterocycles. The maximum Gasteiger partial charge on any atom is 0.257 e. The first kappa shape index (κ1) is 10.3. The molecule has 6 nitrogen and oxygen atoms in total. The Morgan fingerprint density at radius 2 is 2.40 bits per heavy atom. The van der Waals surface area contributed by atoms with E-state index in [0.29, 0.717) is 5.69 Å². The number of rotatable bonds is 4. The van der Waals surface area contributed by atoms with Crippen LogP contribution >= 0.6 is 11.3 Å². The molecule has 0 fully saturated rings. The number of thiazole rings is 1. The zero-order chi connectivity index (χ0) is 10.7. The normalized spacial score (nSPS) is 11.7. The van der Waals surface area contributed by atoms with E-state index in [0.717, 1.165) is 0 Å². The van der Waals surface area contributed by atoms with Crippen LogP contribution in [0.5, 0.6) is 0 Å². The van der Waals surface area contributed by atoms with E-state index in [9.17, 15) is 8.42 Å². The summed E-state index contributed by atoms with van der Waals surface area (Å²) in [4.78, 5) is 3.97. The van der Waals surface area contributed by atoms with Crippen molar-refractivity contribution in [3.8, 4) is 0 Å². The lowest BCUT2D eigenvalue weighted by Crippen LogP contribution is -2.23. The fourth-order valence-corrected chi connectivity index (χ4v) is 2.43. The Hall–Kier alpha value is -1.25. The monoisotopic (exact) mass is 244 g/mol. The standard InChI is InChI=1S/C7H8N4O2S2/c12-15(13,7-1-2-9-11-7)10-3-6-4-14-5-8-6/h1-2,4-5,10H,3H2,(H,9,11). The third-order valence-corrected chi connectivity index (χ3v) is 3.66. The van der Waals surface area contributed by atoms with Gasteiger partial charge in [0.2, 0.25) is 0 Å². The Bertz CT molecular complexity index is 503. The van der Waals surface area contributed by atoms with Gasteiger partial charge in [-0.3, -0.25) is 5.10 Å². The second-order valence-electron chi connectivity index (χ2n) is 2.73. The van der Waals surface area contributed by atoms with Crippen molar-refractivity contribution >= 4 is 21.4 Å². The van der Waals surface area contributed by atoms with E-state index in [1.165, 1.54) is 23.6 Å². The molecule has 15 heavy (non-hydrogen) atoms. The second kappa shape index (κ2) is 4.09. The Morgan fingerprint density at radius 1 is 1.53 bits per heavy atom. The van der Waals surface area contributed by atoms with E-state index in [1.807, 2.05) is 0 Å². The van der Waals surface area contributed by atoms with Gasteiger partial charge in [0.1, 0.15) is 0 Å². The van der Waals surface area contributed by atoms with Gasteiger partial charge >= 0.3 is 0 Å². The number of aromatic nitrogens is 3. The van der Waals surface area contributed by atoms with Gasteiger partial charge in [0.05, 0.1) is 23.9 Å². The molecule has 80 valence electrons. The molecule has 2 heterocycles. The smallest absolute Gasteiger partial charge is 0.257 e. The first-order valence-electron chi connectivity index (χ1n) is 4.04. The van der Waals surface area contributed by atoms with Crippen molar-refractivity contribution in [2.24, 2.45) is 0 Å². The number of hydrogen-bond acceptors (Lipinski definition) is 5. The van der Waals surface area contributed by atoms with Crippen molar-refractivity contribution in [3.63, 3.8) is 0 Å². The van der Waals surface area contributed by atoms with Crippen LogP contribution in [0, 0.1) is 0 Å². The minimum Gasteiger partial charge on any atom is -0.266 e. The van der Waals surface area contributed by atoms with Crippen molar-refractivity contribution in [1.82, 2.24) is 19.9 Å². The summed E-state index contributed by atoms with van der Waals surface area (Å²) in [6.45, 7) is 0.185. The average molecular weight is 244 g/mol. The highest BCUT2D eigenvalue weighted by atomic mass is 32.2. The van der Waals surface area contributed by atoms with Crippen LogP contribution in [-0.4, -0.2) is 23.6 Å². The SMILES string of the molecule is O=S(=O)(NCc1cscn1)c1ccn[nH]1. The Kier molecular flexibility index (Phi) is 2.80. The number of sulfonamides is 1. The molecule has 2 aromatic heterocycles. The quantitative estimate of drug-likeness (QED) is 0.812. The van der Waals surface area contributed by atoms with Gasteiger partial charge < -0.3 is 0 Å². The van der Waals surface area contributed by atoms with Gasteiger partial charge in [0.15, 0.2) is 5.03 Å². The Labute approximate surface area is 90.4 Å². The van der Waals surface area contributed by atoms with Gasteiger partial charge in [-0.15, -0.1) is 11.3 Å². The summed E-state index contributed by atoms with van der Waals surface area (Å²) in [6.07, 6.45) is 1.39. The number of hydrogen-bond donors (Lipinski definition) is 2. The highest BCUT2D eigenvalue weighted by Crippen LogP contribution is 2.05. The molecule has 0 amide bonds. The Morgan fingerprint density at radius 3 is 3.00 bits per heavy atom. The number of aromatic amines is 1. The molecule has 2 aromatic rings. The molecular weight excluding hydrogens is 236 g/mol. The molecular formula is C7H8N4O2S2. The predicted octanol–water partition coefficient (Wildman–Crippen LogP) is 0.345. The van der Waals surface area contributed by atoms with Crippen LogP contribution in [0.15, 0.2) is 28.2 Å². The summed E-state index contributed by atoms with van der Waals surface area (Å²) in [5.41, 5.74) is 2.35. The van der Waals surface area contributed by atoms with Crippen LogP contribution in [0.2, 0.25) is 0 Å². The van der Waals surface area contributed by atoms with Crippen LogP contribution in [0.1, 0.15) is 5.69 Å². The highest BCUT2D eigenvalue weighted by molar-refractivity contribution is 7.89. The van der Waals surface area contributed by atoms with Gasteiger partial charge in [0.25, 0.3) is 10.0 Å². The lowest BCUT2D eigenvalue weighted by atomic mass is 10.5. The van der Waals surface area contributed by atoms with E-state index in [1.54, 1.807) is 10.9 Å². The summed E-state index contributed by atoms with van der Waals surface area (Å²) in [7, 11) is -3.50. The molecule has 0 aliphatic carbocycles. The maximum absolute atomic E-state index is 11.6. The second-order valence-corrected chi connectivity index (χ2v) is 5.18. The summed E-state index contributed by atoms with van der Waals surface area (Å²) in [5.74, 6) is 0. The summed E-state index contributed by atoms with van der Waals surface area (Å²) in [6, 6.07) is 1.39. The Balaban J connectivity index is 2.06. The lowest BCUT2D eigenvalue weighted by Gasteiger charge is -2.01. The molecule has 2 rings (SSSR count). The fraction of sp³-hybridized carbons (Fsp3) is 0.143. The molecule has 2 N–H and O–H groups in total. The predicted molar refractivity (Wildman–Crippen MR) is 54.7 cm³/mol. The van der Waals surface area contributed by atoms with Gasteiger partial charge in [0, 0.05) is 5.38 Å². The summed E-state index contributed by atoms with van der Waals surface area (Å²) in [5, 5.41) is 7.81. The number of nitrogens with one attached hydrogen (secondary N) is 2. The van der Waals surface area contributed by atoms with E-state index in [2.05, 4.69) is 19.9 Å². The topological polar surface area (TPSA) is 87.7 Å². The van der Waals surface area contributed by atoms with Crippen LogP contribution < -0.4 is 4.72 Å². The van der Waals surface area contributed by atoms with Crippen LogP contribution in [0.25, 0.3) is 0 Å². The molecule has 0 radical (unpaired) electrons. The van der Waals surface area contributed by atoms with Crippen molar-refractivity contribution in [1.29, 1.82) is 0 Å². The molecule has 0 aromatic carbocycles. The number of H-pyrrole nitrogens is 1. The van der Waals surface area contributed by atoms with Gasteiger partial charge in [-0.05, 0) is 6.07 Å². The van der Waals surface area contributed by atoms with Crippen LogP contribution in [0.4, 0.5) is 0 Å². The molecule has 0 saturated carbocycles. The largest absolute Gasteiger partial charge is 0.266 e. The highest BCUT2D eigenvalue weighted by Gasteiger charge is 2.14. The molecule has 0 aliphatic rings. The minimum absolute atomic E-state index is 0.0535. The van der Waals surface area contributed by atoms with Crippen molar-refractivity contribution in [2.75, 3.05) is 0 Å². The minimum atomic E-state index is -3.50. The zero-order valence-electron chi connectivity index (χ0n) is 7.54. The molecule has 0 spiro atoms. The van der Waals surface area contributed by atoms with E-state index in [-0.39, 0.29) is 11.6 Å². The maximum atomic E-state index is 11.6. The number of nitrogens with zero attached hydrogens (tertiary/aromatic N) is 2. The molecule has 0 atom stereocenters. The van der Waals surface area contributed by atoms with Gasteiger partial charge in [-0.1, -0.05) is 0 Å². The van der Waals surface area contributed by atoms with Gasteiger partial charge in [-0.2, -0.15) is 5.10 Å². The van der Waals surface area contributed by atoms with E-state index >= 15 is 0 Å². The van der Waals surface area contributed by atoms with E-state index < -0.39 is 10.0 Å². The summed E-state index contributed by atoms with van der Waals surface area (Å²) >= 11 is 1.42. The molecule has 8 heteroatoms. The third kappa shape index (κ3) is 2.41. The first-order chi connectivity index (χ1) is 7.18. The van der Waals surface area contributed by atoms with Crippen molar-refractivity contribution < 1.29 is 8.42 Å². The van der Waals surface area contributed by atoms with Gasteiger partial charge in [-0.25, -0.2) is 18.1 Å². The van der Waals surface area contributed by atoms with Crippen LogP contribution in [-0.2, 0) is 16.6 Å². The lowest BCUT2D eigenvalue weighted by molar-refractivity contribution is 0.576. The van der Waals surface area contributed by atoms with Crippen LogP contribution in [0.3, 0.4) is 0 Å². The summed E-state index contributed by atoms with van der Waals surface area (Å²) < 4.78 is 25.6. The first-order valence-corrected chi connectivity index (χ1v) is 6.47. The van der Waals surface area contributed by atoms with Crippen molar-refractivity contribution in [2.45, 2.75) is 11.6 Å². The zero-order valence-corrected chi connectivity index (χ0v) is 9.18. The fourth-order valence-electron chi connectivity index (χ4n) is 0.964. The molecule has 0 bridgehead atoms. The molecule has 0 unspecified atom stereocenters. The van der Waals surface area contributed by atoms with E-state index in [4.69, 9.17) is 0 Å². The average Bonchev–Trinajstić information content (AvgIpc) is 2.88. The van der Waals surface area contributed by atoms with Crippen molar-refractivity contribution in [3.05, 3.63) is 28.8 Å².